The maximum absolute atomic E-state index is 10.7. The summed E-state index contributed by atoms with van der Waals surface area (Å²) in [7, 11) is 1.64. The van der Waals surface area contributed by atoms with Crippen molar-refractivity contribution in [2.75, 3.05) is 13.7 Å². The van der Waals surface area contributed by atoms with E-state index in [1.807, 2.05) is 24.3 Å². The number of carbonyl (C=O) groups is 1. The lowest BCUT2D eigenvalue weighted by Crippen LogP contribution is -2.28. The van der Waals surface area contributed by atoms with Crippen LogP contribution in [0.2, 0.25) is 0 Å². The molecule has 2 rings (SSSR count). The molecular weight excluding hydrogens is 246 g/mol. The molecule has 1 fully saturated rings. The highest BCUT2D eigenvalue weighted by atomic mass is 16.5. The fourth-order valence-corrected chi connectivity index (χ4v) is 2.16. The maximum atomic E-state index is 10.7. The van der Waals surface area contributed by atoms with Crippen molar-refractivity contribution in [1.29, 1.82) is 0 Å². The molecule has 1 saturated heterocycles. The van der Waals surface area contributed by atoms with Crippen molar-refractivity contribution >= 4 is 5.97 Å². The van der Waals surface area contributed by atoms with E-state index in [4.69, 9.17) is 14.6 Å². The van der Waals surface area contributed by atoms with Gasteiger partial charge in [0.25, 0.3) is 0 Å². The van der Waals surface area contributed by atoms with Gasteiger partial charge in [-0.15, -0.1) is 0 Å². The van der Waals surface area contributed by atoms with Crippen molar-refractivity contribution in [2.45, 2.75) is 31.6 Å². The van der Waals surface area contributed by atoms with Crippen molar-refractivity contribution < 1.29 is 19.4 Å². The molecule has 2 unspecified atom stereocenters. The first-order chi connectivity index (χ1) is 9.19. The lowest BCUT2D eigenvalue weighted by Gasteiger charge is -2.12. The first-order valence-corrected chi connectivity index (χ1v) is 6.41. The van der Waals surface area contributed by atoms with Crippen LogP contribution in [0.4, 0.5) is 0 Å². The Bertz CT molecular complexity index is 418. The minimum atomic E-state index is -0.863. The molecular formula is C14H19NO4. The Morgan fingerprint density at radius 1 is 1.42 bits per heavy atom. The van der Waals surface area contributed by atoms with Crippen LogP contribution in [0.1, 0.15) is 18.4 Å². The number of rotatable bonds is 6. The number of hydrogen-bond donors (Lipinski definition) is 2. The van der Waals surface area contributed by atoms with E-state index in [9.17, 15) is 4.79 Å². The van der Waals surface area contributed by atoms with Gasteiger partial charge in [0.15, 0.2) is 6.10 Å². The standard InChI is InChI=1S/C14H19NO4/c1-18-11-4-2-10(3-5-11)8-15-9-12-6-7-13(19-12)14(16)17/h2-5,12-13,15H,6-9H2,1H3,(H,16,17). The van der Waals surface area contributed by atoms with Crippen molar-refractivity contribution in [3.05, 3.63) is 29.8 Å². The van der Waals surface area contributed by atoms with E-state index >= 15 is 0 Å². The van der Waals surface area contributed by atoms with Crippen LogP contribution >= 0.6 is 0 Å². The third-order valence-electron chi connectivity index (χ3n) is 3.24. The van der Waals surface area contributed by atoms with Crippen LogP contribution in [0.15, 0.2) is 24.3 Å². The highest BCUT2D eigenvalue weighted by molar-refractivity contribution is 5.72. The molecule has 1 aromatic rings. The molecule has 19 heavy (non-hydrogen) atoms. The van der Waals surface area contributed by atoms with Gasteiger partial charge in [-0.3, -0.25) is 0 Å². The molecule has 2 N–H and O–H groups in total. The second-order valence-corrected chi connectivity index (χ2v) is 4.64. The minimum absolute atomic E-state index is 0.000603. The SMILES string of the molecule is COc1ccc(CNCC2CCC(C(=O)O)O2)cc1. The predicted molar refractivity (Wildman–Crippen MR) is 70.2 cm³/mol. The molecule has 0 aliphatic carbocycles. The smallest absolute Gasteiger partial charge is 0.332 e. The zero-order valence-electron chi connectivity index (χ0n) is 11.0. The third kappa shape index (κ3) is 3.94. The maximum Gasteiger partial charge on any atom is 0.332 e. The highest BCUT2D eigenvalue weighted by Crippen LogP contribution is 2.19. The van der Waals surface area contributed by atoms with E-state index in [0.717, 1.165) is 24.3 Å². The Hall–Kier alpha value is -1.59. The van der Waals surface area contributed by atoms with E-state index in [-0.39, 0.29) is 6.10 Å². The Morgan fingerprint density at radius 3 is 2.74 bits per heavy atom. The number of methoxy groups -OCH3 is 1. The highest BCUT2D eigenvalue weighted by Gasteiger charge is 2.29. The van der Waals surface area contributed by atoms with Crippen LogP contribution in [0.25, 0.3) is 0 Å². The summed E-state index contributed by atoms with van der Waals surface area (Å²) < 4.78 is 10.5. The Kier molecular flexibility index (Phi) is 4.76. The van der Waals surface area contributed by atoms with Gasteiger partial charge in [-0.25, -0.2) is 4.79 Å². The Morgan fingerprint density at radius 2 is 2.16 bits per heavy atom. The van der Waals surface area contributed by atoms with Crippen molar-refractivity contribution in [3.8, 4) is 5.75 Å². The van der Waals surface area contributed by atoms with Gasteiger partial charge in [-0.05, 0) is 30.5 Å². The summed E-state index contributed by atoms with van der Waals surface area (Å²) in [4.78, 5) is 10.7. The first kappa shape index (κ1) is 13.8. The fraction of sp³-hybridized carbons (Fsp3) is 0.500. The van der Waals surface area contributed by atoms with Crippen LogP contribution in [-0.2, 0) is 16.1 Å². The van der Waals surface area contributed by atoms with Gasteiger partial charge in [0, 0.05) is 13.1 Å². The van der Waals surface area contributed by atoms with E-state index in [2.05, 4.69) is 5.32 Å². The molecule has 5 nitrogen and oxygen atoms in total. The second kappa shape index (κ2) is 6.54. The van der Waals surface area contributed by atoms with E-state index < -0.39 is 12.1 Å². The van der Waals surface area contributed by atoms with Crippen LogP contribution < -0.4 is 10.1 Å². The van der Waals surface area contributed by atoms with Gasteiger partial charge in [0.2, 0.25) is 0 Å². The summed E-state index contributed by atoms with van der Waals surface area (Å²) in [5, 5.41) is 12.1. The molecule has 0 radical (unpaired) electrons. The van der Waals surface area contributed by atoms with Crippen LogP contribution in [-0.4, -0.2) is 36.9 Å². The van der Waals surface area contributed by atoms with Gasteiger partial charge in [0.1, 0.15) is 5.75 Å². The third-order valence-corrected chi connectivity index (χ3v) is 3.24. The largest absolute Gasteiger partial charge is 0.497 e. The van der Waals surface area contributed by atoms with Gasteiger partial charge in [-0.1, -0.05) is 12.1 Å². The van der Waals surface area contributed by atoms with Gasteiger partial charge in [0.05, 0.1) is 13.2 Å². The van der Waals surface area contributed by atoms with Gasteiger partial charge < -0.3 is 19.9 Å². The average molecular weight is 265 g/mol. The van der Waals surface area contributed by atoms with E-state index in [0.29, 0.717) is 13.0 Å². The normalized spacial score (nSPS) is 22.4. The summed E-state index contributed by atoms with van der Waals surface area (Å²) in [6, 6.07) is 7.84. The lowest BCUT2D eigenvalue weighted by molar-refractivity contribution is -0.149. The quantitative estimate of drug-likeness (QED) is 0.814. The Balaban J connectivity index is 1.70. The number of carboxylic acid groups (broad SMARTS) is 1. The fourth-order valence-electron chi connectivity index (χ4n) is 2.16. The Labute approximate surface area is 112 Å². The van der Waals surface area contributed by atoms with Crippen molar-refractivity contribution in [3.63, 3.8) is 0 Å². The molecule has 0 amide bonds. The number of ether oxygens (including phenoxy) is 2. The molecule has 2 atom stereocenters. The number of hydrogen-bond acceptors (Lipinski definition) is 4. The van der Waals surface area contributed by atoms with Crippen LogP contribution in [0.3, 0.4) is 0 Å². The van der Waals surface area contributed by atoms with Crippen molar-refractivity contribution in [1.82, 2.24) is 5.32 Å². The summed E-state index contributed by atoms with van der Waals surface area (Å²) in [6.07, 6.45) is 0.767. The summed E-state index contributed by atoms with van der Waals surface area (Å²) >= 11 is 0. The molecule has 0 saturated carbocycles. The van der Waals surface area contributed by atoms with Crippen LogP contribution in [0.5, 0.6) is 5.75 Å². The molecule has 1 aliphatic heterocycles. The van der Waals surface area contributed by atoms with Crippen molar-refractivity contribution in [2.24, 2.45) is 0 Å². The molecule has 0 aromatic heterocycles. The second-order valence-electron chi connectivity index (χ2n) is 4.64. The zero-order chi connectivity index (χ0) is 13.7. The van der Waals surface area contributed by atoms with Gasteiger partial charge >= 0.3 is 5.97 Å². The average Bonchev–Trinajstić information content (AvgIpc) is 2.89. The molecule has 104 valence electrons. The molecule has 1 heterocycles. The number of nitrogens with one attached hydrogen (secondary N) is 1. The number of benzene rings is 1. The number of aliphatic carboxylic acids is 1. The van der Waals surface area contributed by atoms with E-state index in [1.165, 1.54) is 0 Å². The minimum Gasteiger partial charge on any atom is -0.497 e. The first-order valence-electron chi connectivity index (χ1n) is 6.41. The molecule has 0 bridgehead atoms. The summed E-state index contributed by atoms with van der Waals surface area (Å²) in [5.41, 5.74) is 1.16. The molecule has 1 aliphatic rings. The van der Waals surface area contributed by atoms with Gasteiger partial charge in [-0.2, -0.15) is 0 Å². The molecule has 0 spiro atoms. The van der Waals surface area contributed by atoms with E-state index in [1.54, 1.807) is 7.11 Å². The molecule has 1 aromatic carbocycles. The zero-order valence-corrected chi connectivity index (χ0v) is 11.0. The lowest BCUT2D eigenvalue weighted by atomic mass is 10.2. The van der Waals surface area contributed by atoms with Crippen LogP contribution in [0, 0.1) is 0 Å². The topological polar surface area (TPSA) is 67.8 Å². The summed E-state index contributed by atoms with van der Waals surface area (Å²) in [6.45, 7) is 1.41. The number of carboxylic acids is 1. The predicted octanol–water partition coefficient (Wildman–Crippen LogP) is 1.42. The monoisotopic (exact) mass is 265 g/mol. The summed E-state index contributed by atoms with van der Waals surface area (Å²) in [5.74, 6) is -0.0233. The molecule has 5 heteroatoms.